The second-order valence-corrected chi connectivity index (χ2v) is 3.19. The second kappa shape index (κ2) is 5.36. The second-order valence-electron chi connectivity index (χ2n) is 3.19. The molecular weight excluding hydrogens is 162 g/mol. The fourth-order valence-corrected chi connectivity index (χ4v) is 1.38. The van der Waals surface area contributed by atoms with Gasteiger partial charge in [0.15, 0.2) is 6.19 Å². The predicted octanol–water partition coefficient (Wildman–Crippen LogP) is 1.97. The molecule has 1 N–H and O–H groups in total. The number of amidine groups is 1. The average molecular weight is 177 g/mol. The van der Waals surface area contributed by atoms with E-state index < -0.39 is 0 Å². The van der Waals surface area contributed by atoms with Crippen LogP contribution in [0.5, 0.6) is 0 Å². The summed E-state index contributed by atoms with van der Waals surface area (Å²) < 4.78 is 0. The van der Waals surface area contributed by atoms with Gasteiger partial charge in [-0.15, -0.1) is 0 Å². The van der Waals surface area contributed by atoms with Crippen LogP contribution in [-0.4, -0.2) is 11.9 Å². The third-order valence-corrected chi connectivity index (χ3v) is 2.08. The lowest BCUT2D eigenvalue weighted by Crippen LogP contribution is -2.21. The van der Waals surface area contributed by atoms with Crippen LogP contribution < -0.4 is 5.32 Å². The van der Waals surface area contributed by atoms with Gasteiger partial charge in [0.05, 0.1) is 6.04 Å². The Kier molecular flexibility index (Phi) is 4.04. The molecule has 0 aromatic heterocycles. The van der Waals surface area contributed by atoms with Crippen molar-refractivity contribution < 1.29 is 0 Å². The van der Waals surface area contributed by atoms with Crippen LogP contribution in [0.1, 0.15) is 32.6 Å². The molecule has 0 aliphatic carbocycles. The van der Waals surface area contributed by atoms with Crippen LogP contribution in [0, 0.1) is 11.5 Å². The number of unbranched alkanes of at least 4 members (excludes halogenated alkanes) is 1. The summed E-state index contributed by atoms with van der Waals surface area (Å²) in [5.74, 6) is 0.704. The van der Waals surface area contributed by atoms with E-state index in [0.29, 0.717) is 11.9 Å². The zero-order valence-corrected chi connectivity index (χ0v) is 7.95. The maximum atomic E-state index is 8.41. The van der Waals surface area contributed by atoms with Gasteiger partial charge in [0, 0.05) is 0 Å². The van der Waals surface area contributed by atoms with Crippen molar-refractivity contribution in [1.29, 1.82) is 5.26 Å². The Balaban J connectivity index is 2.42. The minimum absolute atomic E-state index is 0.376. The predicted molar refractivity (Wildman–Crippen MR) is 53.3 cm³/mol. The minimum atomic E-state index is 0.376. The maximum absolute atomic E-state index is 8.41. The first-order valence-corrected chi connectivity index (χ1v) is 4.76. The highest BCUT2D eigenvalue weighted by molar-refractivity contribution is 5.94. The molecule has 3 nitrogen and oxygen atoms in total. The van der Waals surface area contributed by atoms with Crippen molar-refractivity contribution in [3.05, 3.63) is 12.2 Å². The molecule has 13 heavy (non-hydrogen) atoms. The standard InChI is InChI=1S/C10H15N3/c1-2-3-5-9-6-4-7-10(13-9)12-8-11/h4,7,9H,2-3,5-6H2,1H3,(H,12,13). The van der Waals surface area contributed by atoms with E-state index >= 15 is 0 Å². The zero-order chi connectivity index (χ0) is 9.52. The van der Waals surface area contributed by atoms with Crippen LogP contribution in [-0.2, 0) is 0 Å². The lowest BCUT2D eigenvalue weighted by atomic mass is 10.1. The molecule has 1 rings (SSSR count). The summed E-state index contributed by atoms with van der Waals surface area (Å²) in [5, 5.41) is 11.0. The summed E-state index contributed by atoms with van der Waals surface area (Å²) in [7, 11) is 0. The van der Waals surface area contributed by atoms with E-state index in [9.17, 15) is 0 Å². The van der Waals surface area contributed by atoms with Crippen LogP contribution in [0.25, 0.3) is 0 Å². The molecule has 0 amide bonds. The van der Waals surface area contributed by atoms with Gasteiger partial charge >= 0.3 is 0 Å². The Morgan fingerprint density at radius 3 is 3.31 bits per heavy atom. The number of nitrogens with zero attached hydrogens (tertiary/aromatic N) is 2. The SMILES string of the molecule is CCCCC1CC=CC(NC#N)=N1. The highest BCUT2D eigenvalue weighted by atomic mass is 15.0. The van der Waals surface area contributed by atoms with Gasteiger partial charge in [-0.05, 0) is 18.9 Å². The topological polar surface area (TPSA) is 48.2 Å². The molecule has 0 radical (unpaired) electrons. The van der Waals surface area contributed by atoms with E-state index in [2.05, 4.69) is 23.3 Å². The highest BCUT2D eigenvalue weighted by Gasteiger charge is 2.09. The molecule has 0 spiro atoms. The molecule has 1 aliphatic rings. The minimum Gasteiger partial charge on any atom is -0.277 e. The van der Waals surface area contributed by atoms with Crippen LogP contribution in [0.15, 0.2) is 17.1 Å². The van der Waals surface area contributed by atoms with Crippen LogP contribution in [0.4, 0.5) is 0 Å². The van der Waals surface area contributed by atoms with E-state index in [-0.39, 0.29) is 0 Å². The number of hydrogen-bond acceptors (Lipinski definition) is 3. The van der Waals surface area contributed by atoms with E-state index in [1.165, 1.54) is 12.8 Å². The molecule has 0 bridgehead atoms. The van der Waals surface area contributed by atoms with Crippen LogP contribution in [0.3, 0.4) is 0 Å². The molecule has 1 heterocycles. The van der Waals surface area contributed by atoms with Crippen molar-refractivity contribution in [2.75, 3.05) is 0 Å². The van der Waals surface area contributed by atoms with Gasteiger partial charge in [0.2, 0.25) is 0 Å². The molecule has 0 saturated heterocycles. The van der Waals surface area contributed by atoms with Crippen molar-refractivity contribution in [2.24, 2.45) is 4.99 Å². The van der Waals surface area contributed by atoms with Gasteiger partial charge in [-0.25, -0.2) is 0 Å². The summed E-state index contributed by atoms with van der Waals surface area (Å²) >= 11 is 0. The normalized spacial score (nSPS) is 20.6. The number of rotatable bonds is 3. The number of nitrogens with one attached hydrogen (secondary N) is 1. The largest absolute Gasteiger partial charge is 0.277 e. The highest BCUT2D eigenvalue weighted by Crippen LogP contribution is 2.12. The van der Waals surface area contributed by atoms with Gasteiger partial charge in [-0.3, -0.25) is 10.3 Å². The first-order chi connectivity index (χ1) is 6.36. The van der Waals surface area contributed by atoms with Crippen LogP contribution >= 0.6 is 0 Å². The zero-order valence-electron chi connectivity index (χ0n) is 7.95. The summed E-state index contributed by atoms with van der Waals surface area (Å²) in [6, 6.07) is 0.376. The molecule has 0 fully saturated rings. The van der Waals surface area contributed by atoms with Crippen LogP contribution in [0.2, 0.25) is 0 Å². The summed E-state index contributed by atoms with van der Waals surface area (Å²) in [4.78, 5) is 4.41. The Labute approximate surface area is 79.2 Å². The molecular formula is C10H15N3. The third kappa shape index (κ3) is 3.29. The van der Waals surface area contributed by atoms with Gasteiger partial charge in [-0.2, -0.15) is 5.26 Å². The molecule has 1 atom stereocenters. The summed E-state index contributed by atoms with van der Waals surface area (Å²) in [6.07, 6.45) is 10.4. The molecule has 1 aliphatic heterocycles. The Morgan fingerprint density at radius 2 is 2.62 bits per heavy atom. The first kappa shape index (κ1) is 9.79. The van der Waals surface area contributed by atoms with Gasteiger partial charge in [0.25, 0.3) is 0 Å². The van der Waals surface area contributed by atoms with Crippen molar-refractivity contribution in [3.63, 3.8) is 0 Å². The number of aliphatic imine (C=N–C) groups is 1. The summed E-state index contributed by atoms with van der Waals surface area (Å²) in [5.41, 5.74) is 0. The van der Waals surface area contributed by atoms with Gasteiger partial charge < -0.3 is 0 Å². The number of hydrogen-bond donors (Lipinski definition) is 1. The lowest BCUT2D eigenvalue weighted by molar-refractivity contribution is 0.579. The quantitative estimate of drug-likeness (QED) is 0.529. The monoisotopic (exact) mass is 177 g/mol. The van der Waals surface area contributed by atoms with E-state index in [1.54, 1.807) is 0 Å². The van der Waals surface area contributed by atoms with Crippen molar-refractivity contribution in [3.8, 4) is 6.19 Å². The molecule has 0 aromatic rings. The van der Waals surface area contributed by atoms with Crippen molar-refractivity contribution in [2.45, 2.75) is 38.6 Å². The molecule has 1 unspecified atom stereocenters. The number of dihydropyridines is 1. The van der Waals surface area contributed by atoms with Crippen molar-refractivity contribution in [1.82, 2.24) is 5.32 Å². The Morgan fingerprint density at radius 1 is 1.77 bits per heavy atom. The van der Waals surface area contributed by atoms with E-state index in [4.69, 9.17) is 5.26 Å². The number of nitriles is 1. The molecule has 70 valence electrons. The summed E-state index contributed by atoms with van der Waals surface area (Å²) in [6.45, 7) is 2.18. The Hall–Kier alpha value is -1.30. The Bertz CT molecular complexity index is 247. The molecule has 0 aromatic carbocycles. The average Bonchev–Trinajstić information content (AvgIpc) is 2.16. The van der Waals surface area contributed by atoms with Gasteiger partial charge in [-0.1, -0.05) is 25.8 Å². The van der Waals surface area contributed by atoms with Crippen molar-refractivity contribution >= 4 is 5.84 Å². The lowest BCUT2D eigenvalue weighted by Gasteiger charge is -2.14. The first-order valence-electron chi connectivity index (χ1n) is 4.76. The van der Waals surface area contributed by atoms with Gasteiger partial charge in [0.1, 0.15) is 5.84 Å². The van der Waals surface area contributed by atoms with E-state index in [1.807, 2.05) is 12.3 Å². The third-order valence-electron chi connectivity index (χ3n) is 2.08. The molecule has 3 heteroatoms. The fraction of sp³-hybridized carbons (Fsp3) is 0.600. The van der Waals surface area contributed by atoms with E-state index in [0.717, 1.165) is 12.8 Å². The fourth-order valence-electron chi connectivity index (χ4n) is 1.38. The molecule has 0 saturated carbocycles. The maximum Gasteiger partial charge on any atom is 0.182 e. The smallest absolute Gasteiger partial charge is 0.182 e.